The number of methoxy groups -OCH3 is 1. The van der Waals surface area contributed by atoms with E-state index >= 15 is 0 Å². The van der Waals surface area contributed by atoms with Crippen LogP contribution in [0.15, 0.2) is 24.3 Å². The molecule has 0 amide bonds. The molecule has 1 unspecified atom stereocenters. The van der Waals surface area contributed by atoms with Crippen LogP contribution in [0.1, 0.15) is 26.3 Å². The van der Waals surface area contributed by atoms with Crippen LogP contribution >= 0.6 is 0 Å². The monoisotopic (exact) mass is 235 g/mol. The van der Waals surface area contributed by atoms with Crippen LogP contribution in [0.3, 0.4) is 0 Å². The molecule has 0 aliphatic heterocycles. The summed E-state index contributed by atoms with van der Waals surface area (Å²) >= 11 is 0. The van der Waals surface area contributed by atoms with Crippen LogP contribution in [0.5, 0.6) is 0 Å². The molecule has 0 radical (unpaired) electrons. The fraction of sp³-hybridized carbons (Fsp3) is 0.500. The summed E-state index contributed by atoms with van der Waals surface area (Å²) in [6.45, 7) is 7.89. The number of esters is 1. The lowest BCUT2D eigenvalue weighted by Crippen LogP contribution is -2.48. The van der Waals surface area contributed by atoms with Crippen molar-refractivity contribution in [2.24, 2.45) is 5.92 Å². The van der Waals surface area contributed by atoms with Crippen LogP contribution < -0.4 is 5.32 Å². The van der Waals surface area contributed by atoms with E-state index in [1.165, 1.54) is 7.11 Å². The van der Waals surface area contributed by atoms with Crippen molar-refractivity contribution in [3.63, 3.8) is 0 Å². The second-order valence-corrected chi connectivity index (χ2v) is 4.84. The molecule has 1 aromatic carbocycles. The average molecular weight is 235 g/mol. The van der Waals surface area contributed by atoms with Gasteiger partial charge in [-0.15, -0.1) is 0 Å². The molecule has 17 heavy (non-hydrogen) atoms. The van der Waals surface area contributed by atoms with Gasteiger partial charge in [-0.25, -0.2) is 4.79 Å². The molecule has 0 aliphatic rings. The molecule has 0 heterocycles. The molecule has 94 valence electrons. The smallest absolute Gasteiger partial charge is 0.331 e. The number of ether oxygens (including phenoxy) is 1. The number of hydrogen-bond donors (Lipinski definition) is 1. The van der Waals surface area contributed by atoms with Gasteiger partial charge in [0.25, 0.3) is 0 Å². The Balaban J connectivity index is 2.99. The van der Waals surface area contributed by atoms with Gasteiger partial charge in [0.05, 0.1) is 7.11 Å². The molecule has 0 saturated carbocycles. The summed E-state index contributed by atoms with van der Waals surface area (Å²) in [5, 5.41) is 3.27. The first-order chi connectivity index (χ1) is 7.90. The van der Waals surface area contributed by atoms with E-state index in [-0.39, 0.29) is 11.9 Å². The minimum absolute atomic E-state index is 0.135. The molecular formula is C14H21NO2. The molecule has 1 N–H and O–H groups in total. The van der Waals surface area contributed by atoms with Gasteiger partial charge in [0, 0.05) is 5.69 Å². The summed E-state index contributed by atoms with van der Waals surface area (Å²) in [6.07, 6.45) is 0. The summed E-state index contributed by atoms with van der Waals surface area (Å²) in [4.78, 5) is 11.9. The fourth-order valence-corrected chi connectivity index (χ4v) is 1.67. The lowest BCUT2D eigenvalue weighted by atomic mass is 9.88. The van der Waals surface area contributed by atoms with Crippen LogP contribution in [-0.4, -0.2) is 18.6 Å². The van der Waals surface area contributed by atoms with Gasteiger partial charge in [0.1, 0.15) is 5.54 Å². The second-order valence-electron chi connectivity index (χ2n) is 4.84. The summed E-state index contributed by atoms with van der Waals surface area (Å²) in [6, 6.07) is 7.96. The van der Waals surface area contributed by atoms with Gasteiger partial charge in [-0.05, 0) is 37.5 Å². The number of carbonyl (C=O) groups excluding carboxylic acids is 1. The molecule has 3 heteroatoms. The third-order valence-corrected chi connectivity index (χ3v) is 3.19. The maximum Gasteiger partial charge on any atom is 0.331 e. The molecule has 0 aromatic heterocycles. The maximum absolute atomic E-state index is 11.9. The second kappa shape index (κ2) is 5.21. The van der Waals surface area contributed by atoms with E-state index in [4.69, 9.17) is 4.74 Å². The van der Waals surface area contributed by atoms with Crippen LogP contribution in [0.4, 0.5) is 5.69 Å². The summed E-state index contributed by atoms with van der Waals surface area (Å²) in [5.41, 5.74) is 1.39. The highest BCUT2D eigenvalue weighted by molar-refractivity contribution is 5.84. The van der Waals surface area contributed by atoms with Crippen molar-refractivity contribution in [2.75, 3.05) is 12.4 Å². The van der Waals surface area contributed by atoms with Gasteiger partial charge >= 0.3 is 5.97 Å². The van der Waals surface area contributed by atoms with Crippen molar-refractivity contribution >= 4 is 11.7 Å². The van der Waals surface area contributed by atoms with E-state index in [1.54, 1.807) is 0 Å². The van der Waals surface area contributed by atoms with Crippen molar-refractivity contribution in [1.29, 1.82) is 0 Å². The highest BCUT2D eigenvalue weighted by Crippen LogP contribution is 2.24. The first-order valence-electron chi connectivity index (χ1n) is 5.83. The highest BCUT2D eigenvalue weighted by Gasteiger charge is 2.37. The topological polar surface area (TPSA) is 38.3 Å². The van der Waals surface area contributed by atoms with Crippen molar-refractivity contribution in [3.8, 4) is 0 Å². The van der Waals surface area contributed by atoms with E-state index in [1.807, 2.05) is 52.0 Å². The summed E-state index contributed by atoms with van der Waals surface area (Å²) in [7, 11) is 1.42. The van der Waals surface area contributed by atoms with Crippen molar-refractivity contribution in [3.05, 3.63) is 29.8 Å². The van der Waals surface area contributed by atoms with Gasteiger partial charge in [-0.3, -0.25) is 0 Å². The predicted molar refractivity (Wildman–Crippen MR) is 70.1 cm³/mol. The third kappa shape index (κ3) is 2.99. The Morgan fingerprint density at radius 1 is 1.41 bits per heavy atom. The molecule has 1 atom stereocenters. The maximum atomic E-state index is 11.9. The van der Waals surface area contributed by atoms with Gasteiger partial charge in [0.2, 0.25) is 0 Å². The molecule has 1 rings (SSSR count). The van der Waals surface area contributed by atoms with Gasteiger partial charge in [0.15, 0.2) is 0 Å². The zero-order valence-corrected chi connectivity index (χ0v) is 11.2. The van der Waals surface area contributed by atoms with Crippen molar-refractivity contribution in [2.45, 2.75) is 33.2 Å². The minimum Gasteiger partial charge on any atom is -0.467 e. The SMILES string of the molecule is COC(=O)C(C)(Nc1cccc(C)c1)C(C)C. The number of anilines is 1. The van der Waals surface area contributed by atoms with Gasteiger partial charge in [-0.1, -0.05) is 26.0 Å². The number of hydrogen-bond acceptors (Lipinski definition) is 3. The Bertz CT molecular complexity index is 401. The Labute approximate surface area is 103 Å². The van der Waals surface area contributed by atoms with Gasteiger partial charge in [-0.2, -0.15) is 0 Å². The van der Waals surface area contributed by atoms with E-state index in [0.29, 0.717) is 0 Å². The number of aryl methyl sites for hydroxylation is 1. The van der Waals surface area contributed by atoms with E-state index in [2.05, 4.69) is 5.32 Å². The number of carbonyl (C=O) groups is 1. The Hall–Kier alpha value is -1.51. The predicted octanol–water partition coefficient (Wildman–Crippen LogP) is 2.99. The van der Waals surface area contributed by atoms with Crippen LogP contribution in [0, 0.1) is 12.8 Å². The summed E-state index contributed by atoms with van der Waals surface area (Å²) in [5.74, 6) is -0.107. The van der Waals surface area contributed by atoms with Crippen LogP contribution in [0.25, 0.3) is 0 Å². The van der Waals surface area contributed by atoms with E-state index < -0.39 is 5.54 Å². The Morgan fingerprint density at radius 3 is 2.53 bits per heavy atom. The zero-order chi connectivity index (χ0) is 13.1. The number of rotatable bonds is 4. The molecule has 3 nitrogen and oxygen atoms in total. The molecular weight excluding hydrogens is 214 g/mol. The quantitative estimate of drug-likeness (QED) is 0.815. The molecule has 1 aromatic rings. The van der Waals surface area contributed by atoms with Crippen molar-refractivity contribution in [1.82, 2.24) is 0 Å². The normalized spacial score (nSPS) is 14.2. The standard InChI is InChI=1S/C14H21NO2/c1-10(2)14(4,13(16)17-5)15-12-8-6-7-11(3)9-12/h6-10,15H,1-5H3. The summed E-state index contributed by atoms with van der Waals surface area (Å²) < 4.78 is 4.88. The molecule has 0 aliphatic carbocycles. The largest absolute Gasteiger partial charge is 0.467 e. The molecule has 0 bridgehead atoms. The lowest BCUT2D eigenvalue weighted by Gasteiger charge is -2.32. The van der Waals surface area contributed by atoms with E-state index in [0.717, 1.165) is 11.3 Å². The lowest BCUT2D eigenvalue weighted by molar-refractivity contribution is -0.146. The first kappa shape index (κ1) is 13.6. The third-order valence-electron chi connectivity index (χ3n) is 3.19. The van der Waals surface area contributed by atoms with Crippen LogP contribution in [-0.2, 0) is 9.53 Å². The molecule has 0 spiro atoms. The first-order valence-corrected chi connectivity index (χ1v) is 5.83. The number of nitrogens with one attached hydrogen (secondary N) is 1. The highest BCUT2D eigenvalue weighted by atomic mass is 16.5. The average Bonchev–Trinajstić information content (AvgIpc) is 2.27. The zero-order valence-electron chi connectivity index (χ0n) is 11.2. The number of benzene rings is 1. The van der Waals surface area contributed by atoms with E-state index in [9.17, 15) is 4.79 Å². The Morgan fingerprint density at radius 2 is 2.06 bits per heavy atom. The minimum atomic E-state index is -0.706. The van der Waals surface area contributed by atoms with Gasteiger partial charge < -0.3 is 10.1 Å². The van der Waals surface area contributed by atoms with Crippen LogP contribution in [0.2, 0.25) is 0 Å². The van der Waals surface area contributed by atoms with Crippen molar-refractivity contribution < 1.29 is 9.53 Å². The molecule has 0 saturated heterocycles. The molecule has 0 fully saturated rings. The fourth-order valence-electron chi connectivity index (χ4n) is 1.67. The Kier molecular flexibility index (Phi) is 4.16.